The van der Waals surface area contributed by atoms with Crippen LogP contribution in [0.3, 0.4) is 0 Å². The second-order valence-electron chi connectivity index (χ2n) is 5.14. The third-order valence-electron chi connectivity index (χ3n) is 3.49. The van der Waals surface area contributed by atoms with Crippen LogP contribution in [0.2, 0.25) is 0 Å². The van der Waals surface area contributed by atoms with Gasteiger partial charge in [-0.2, -0.15) is 5.10 Å². The molecular weight excluding hydrogens is 236 g/mol. The van der Waals surface area contributed by atoms with Gasteiger partial charge in [0.1, 0.15) is 12.2 Å². The van der Waals surface area contributed by atoms with Crippen LogP contribution in [0, 0.1) is 0 Å². The molecule has 19 heavy (non-hydrogen) atoms. The quantitative estimate of drug-likeness (QED) is 0.589. The summed E-state index contributed by atoms with van der Waals surface area (Å²) in [6.07, 6.45) is 12.6. The molecule has 0 aliphatic heterocycles. The minimum absolute atomic E-state index is 0.838. The monoisotopic (exact) mass is 266 g/mol. The highest BCUT2D eigenvalue weighted by atomic mass is 15.3. The van der Waals surface area contributed by atoms with Gasteiger partial charge in [0.2, 0.25) is 0 Å². The predicted octanol–water partition coefficient (Wildman–Crippen LogP) is 3.53. The average Bonchev–Trinajstić information content (AvgIpc) is 2.88. The van der Waals surface area contributed by atoms with Gasteiger partial charge < -0.3 is 5.32 Å². The Kier molecular flexibility index (Phi) is 9.33. The van der Waals surface area contributed by atoms with Gasteiger partial charge in [0.25, 0.3) is 0 Å². The van der Waals surface area contributed by atoms with Gasteiger partial charge in [-0.05, 0) is 19.9 Å². The van der Waals surface area contributed by atoms with Gasteiger partial charge in [-0.15, -0.1) is 0 Å². The molecule has 0 aromatic carbocycles. The number of hydrogen-bond donors (Lipinski definition) is 1. The Bertz CT molecular complexity index is 309. The van der Waals surface area contributed by atoms with Crippen molar-refractivity contribution in [1.29, 1.82) is 0 Å². The molecule has 4 heteroatoms. The highest BCUT2D eigenvalue weighted by Crippen LogP contribution is 2.07. The standard InChI is InChI=1S/C15H30N4/c1-3-5-6-7-8-9-10-11-12-16-13-15-17-14-18-19(15)4-2/h14,16H,3-13H2,1-2H3. The molecule has 4 nitrogen and oxygen atoms in total. The van der Waals surface area contributed by atoms with Crippen molar-refractivity contribution in [2.75, 3.05) is 6.54 Å². The fourth-order valence-electron chi connectivity index (χ4n) is 2.27. The van der Waals surface area contributed by atoms with Gasteiger partial charge in [0.15, 0.2) is 0 Å². The lowest BCUT2D eigenvalue weighted by Gasteiger charge is -2.05. The number of nitrogens with zero attached hydrogens (tertiary/aromatic N) is 3. The van der Waals surface area contributed by atoms with Crippen molar-refractivity contribution in [2.45, 2.75) is 78.3 Å². The molecule has 0 spiro atoms. The van der Waals surface area contributed by atoms with Gasteiger partial charge in [-0.25, -0.2) is 9.67 Å². The highest BCUT2D eigenvalue weighted by Gasteiger charge is 2.00. The van der Waals surface area contributed by atoms with E-state index in [1.165, 1.54) is 51.4 Å². The van der Waals surface area contributed by atoms with Gasteiger partial charge in [-0.1, -0.05) is 51.9 Å². The summed E-state index contributed by atoms with van der Waals surface area (Å²) < 4.78 is 1.95. The summed E-state index contributed by atoms with van der Waals surface area (Å²) in [4.78, 5) is 4.25. The van der Waals surface area contributed by atoms with Crippen molar-refractivity contribution in [3.05, 3.63) is 12.2 Å². The van der Waals surface area contributed by atoms with Crippen molar-refractivity contribution >= 4 is 0 Å². The fourth-order valence-corrected chi connectivity index (χ4v) is 2.27. The molecule has 0 saturated carbocycles. The minimum Gasteiger partial charge on any atom is -0.310 e. The summed E-state index contributed by atoms with van der Waals surface area (Å²) >= 11 is 0. The Hall–Kier alpha value is -0.900. The van der Waals surface area contributed by atoms with E-state index in [1.807, 2.05) is 4.68 Å². The maximum atomic E-state index is 4.25. The number of hydrogen-bond acceptors (Lipinski definition) is 3. The fraction of sp³-hybridized carbons (Fsp3) is 0.867. The smallest absolute Gasteiger partial charge is 0.140 e. The maximum absolute atomic E-state index is 4.25. The first kappa shape index (κ1) is 16.2. The third-order valence-corrected chi connectivity index (χ3v) is 3.49. The van der Waals surface area contributed by atoms with Crippen LogP contribution in [-0.2, 0) is 13.1 Å². The zero-order chi connectivity index (χ0) is 13.8. The van der Waals surface area contributed by atoms with Crippen molar-refractivity contribution in [2.24, 2.45) is 0 Å². The van der Waals surface area contributed by atoms with Crippen molar-refractivity contribution in [3.63, 3.8) is 0 Å². The van der Waals surface area contributed by atoms with Crippen molar-refractivity contribution < 1.29 is 0 Å². The number of rotatable bonds is 12. The van der Waals surface area contributed by atoms with Crippen LogP contribution in [0.4, 0.5) is 0 Å². The predicted molar refractivity (Wildman–Crippen MR) is 80.0 cm³/mol. The number of aryl methyl sites for hydroxylation is 1. The van der Waals surface area contributed by atoms with Crippen molar-refractivity contribution in [1.82, 2.24) is 20.1 Å². The summed E-state index contributed by atoms with van der Waals surface area (Å²) in [6, 6.07) is 0. The molecule has 1 N–H and O–H groups in total. The molecule has 0 amide bonds. The molecule has 0 bridgehead atoms. The molecule has 0 atom stereocenters. The lowest BCUT2D eigenvalue weighted by atomic mass is 10.1. The van der Waals surface area contributed by atoms with Crippen LogP contribution in [0.1, 0.15) is 71.0 Å². The zero-order valence-electron chi connectivity index (χ0n) is 12.7. The maximum Gasteiger partial charge on any atom is 0.140 e. The van der Waals surface area contributed by atoms with E-state index in [9.17, 15) is 0 Å². The molecule has 0 unspecified atom stereocenters. The summed E-state index contributed by atoms with van der Waals surface area (Å²) in [6.45, 7) is 7.19. The highest BCUT2D eigenvalue weighted by molar-refractivity contribution is 4.83. The number of aromatic nitrogens is 3. The first-order valence-electron chi connectivity index (χ1n) is 7.95. The molecule has 0 radical (unpaired) electrons. The Labute approximate surface area is 118 Å². The molecule has 1 heterocycles. The minimum atomic E-state index is 0.838. The molecule has 0 aliphatic carbocycles. The first-order valence-corrected chi connectivity index (χ1v) is 7.95. The normalized spacial score (nSPS) is 11.1. The van der Waals surface area contributed by atoms with Gasteiger partial charge in [0.05, 0.1) is 6.54 Å². The van der Waals surface area contributed by atoms with E-state index in [1.54, 1.807) is 6.33 Å². The van der Waals surface area contributed by atoms with E-state index in [4.69, 9.17) is 0 Å². The SMILES string of the molecule is CCCCCCCCCCNCc1ncnn1CC. The third kappa shape index (κ3) is 7.31. The first-order chi connectivity index (χ1) is 9.38. The molecular formula is C15H30N4. The molecule has 0 fully saturated rings. The lowest BCUT2D eigenvalue weighted by Crippen LogP contribution is -2.18. The molecule has 1 rings (SSSR count). The number of nitrogens with one attached hydrogen (secondary N) is 1. The van der Waals surface area contributed by atoms with E-state index >= 15 is 0 Å². The van der Waals surface area contributed by atoms with Gasteiger partial charge >= 0.3 is 0 Å². The largest absolute Gasteiger partial charge is 0.310 e. The van der Waals surface area contributed by atoms with Crippen LogP contribution in [0.5, 0.6) is 0 Å². The summed E-state index contributed by atoms with van der Waals surface area (Å²) in [5.74, 6) is 1.04. The molecule has 0 saturated heterocycles. The lowest BCUT2D eigenvalue weighted by molar-refractivity contribution is 0.535. The van der Waals surface area contributed by atoms with Crippen LogP contribution in [-0.4, -0.2) is 21.3 Å². The summed E-state index contributed by atoms with van der Waals surface area (Å²) in [5.41, 5.74) is 0. The summed E-state index contributed by atoms with van der Waals surface area (Å²) in [5, 5.41) is 7.61. The van der Waals surface area contributed by atoms with Crippen LogP contribution in [0.25, 0.3) is 0 Å². The topological polar surface area (TPSA) is 42.7 Å². The Morgan fingerprint density at radius 2 is 1.68 bits per heavy atom. The van der Waals surface area contributed by atoms with Crippen LogP contribution >= 0.6 is 0 Å². The zero-order valence-corrected chi connectivity index (χ0v) is 12.7. The Balaban J connectivity index is 1.89. The van der Waals surface area contributed by atoms with E-state index < -0.39 is 0 Å². The summed E-state index contributed by atoms with van der Waals surface area (Å²) in [7, 11) is 0. The average molecular weight is 266 g/mol. The van der Waals surface area contributed by atoms with Crippen LogP contribution in [0.15, 0.2) is 6.33 Å². The van der Waals surface area contributed by atoms with E-state index in [-0.39, 0.29) is 0 Å². The second-order valence-corrected chi connectivity index (χ2v) is 5.14. The Morgan fingerprint density at radius 1 is 1.00 bits per heavy atom. The molecule has 1 aromatic heterocycles. The van der Waals surface area contributed by atoms with E-state index in [0.717, 1.165) is 25.5 Å². The Morgan fingerprint density at radius 3 is 2.37 bits per heavy atom. The van der Waals surface area contributed by atoms with E-state index in [0.29, 0.717) is 0 Å². The molecule has 110 valence electrons. The van der Waals surface area contributed by atoms with Gasteiger partial charge in [0, 0.05) is 6.54 Å². The van der Waals surface area contributed by atoms with E-state index in [2.05, 4.69) is 29.2 Å². The van der Waals surface area contributed by atoms with Gasteiger partial charge in [-0.3, -0.25) is 0 Å². The van der Waals surface area contributed by atoms with Crippen LogP contribution < -0.4 is 5.32 Å². The van der Waals surface area contributed by atoms with Crippen molar-refractivity contribution in [3.8, 4) is 0 Å². The molecule has 0 aliphatic rings. The molecule has 1 aromatic rings. The second kappa shape index (κ2) is 11.0. The number of unbranched alkanes of at least 4 members (excludes halogenated alkanes) is 7.